The Morgan fingerprint density at radius 1 is 0.903 bits per heavy atom. The highest BCUT2D eigenvalue weighted by Crippen LogP contribution is 2.39. The van der Waals surface area contributed by atoms with E-state index in [1.807, 2.05) is 0 Å². The summed E-state index contributed by atoms with van der Waals surface area (Å²) in [6.45, 7) is 0. The number of hydrogen-bond donors (Lipinski definition) is 1. The molecule has 0 atom stereocenters. The second-order valence-electron chi connectivity index (χ2n) is 6.28. The predicted molar refractivity (Wildman–Crippen MR) is 102 cm³/mol. The summed E-state index contributed by atoms with van der Waals surface area (Å²) >= 11 is 1.13. The molecule has 0 saturated heterocycles. The van der Waals surface area contributed by atoms with E-state index in [-0.39, 0.29) is 33.6 Å². The number of halogens is 6. The summed E-state index contributed by atoms with van der Waals surface area (Å²) in [7, 11) is 0. The minimum absolute atomic E-state index is 0.0567. The monoisotopic (exact) mass is 455 g/mol. The van der Waals surface area contributed by atoms with E-state index in [1.165, 1.54) is 24.3 Å². The normalized spacial score (nSPS) is 11.9. The van der Waals surface area contributed by atoms with Gasteiger partial charge in [-0.3, -0.25) is 4.79 Å². The van der Waals surface area contributed by atoms with Gasteiger partial charge in [-0.15, -0.1) is 0 Å². The van der Waals surface area contributed by atoms with Crippen LogP contribution in [0.4, 0.5) is 26.3 Å². The molecule has 0 amide bonds. The number of nitrogens with zero attached hydrogens (tertiary/aromatic N) is 2. The van der Waals surface area contributed by atoms with Crippen molar-refractivity contribution in [3.8, 4) is 28.5 Å². The Balaban J connectivity index is 2.12. The Morgan fingerprint density at radius 3 is 1.87 bits per heavy atom. The molecule has 1 aromatic heterocycles. The Hall–Kier alpha value is -3.26. The number of benzene rings is 2. The van der Waals surface area contributed by atoms with Gasteiger partial charge in [0.25, 0.3) is 5.56 Å². The van der Waals surface area contributed by atoms with Crippen molar-refractivity contribution in [2.45, 2.75) is 17.5 Å². The van der Waals surface area contributed by atoms with Crippen molar-refractivity contribution in [3.05, 3.63) is 69.5 Å². The van der Waals surface area contributed by atoms with E-state index in [1.54, 1.807) is 12.3 Å². The van der Waals surface area contributed by atoms with Crippen LogP contribution in [0.1, 0.15) is 16.7 Å². The number of rotatable bonds is 3. The van der Waals surface area contributed by atoms with Gasteiger partial charge in [-0.05, 0) is 35.6 Å². The van der Waals surface area contributed by atoms with E-state index in [9.17, 15) is 36.4 Å². The van der Waals surface area contributed by atoms with Crippen LogP contribution < -0.4 is 5.56 Å². The maximum atomic E-state index is 13.1. The molecular formula is C20H11F6N3OS. The first-order chi connectivity index (χ1) is 14.4. The average molecular weight is 455 g/mol. The summed E-state index contributed by atoms with van der Waals surface area (Å²) < 4.78 is 78.5. The minimum Gasteiger partial charge on any atom is -0.300 e. The van der Waals surface area contributed by atoms with E-state index >= 15 is 0 Å². The number of aromatic amines is 1. The summed E-state index contributed by atoms with van der Waals surface area (Å²) in [6, 6.07) is 8.39. The van der Waals surface area contributed by atoms with Gasteiger partial charge in [0, 0.05) is 5.56 Å². The van der Waals surface area contributed by atoms with Crippen LogP contribution >= 0.6 is 11.8 Å². The minimum atomic E-state index is -4.96. The molecule has 0 aliphatic heterocycles. The van der Waals surface area contributed by atoms with Gasteiger partial charge in [0.05, 0.1) is 16.8 Å². The largest absolute Gasteiger partial charge is 0.416 e. The van der Waals surface area contributed by atoms with Gasteiger partial charge in [-0.1, -0.05) is 36.0 Å². The number of alkyl halides is 6. The molecule has 3 aromatic rings. The van der Waals surface area contributed by atoms with Gasteiger partial charge < -0.3 is 4.98 Å². The molecule has 0 spiro atoms. The number of nitriles is 1. The fourth-order valence-corrected chi connectivity index (χ4v) is 3.18. The molecule has 0 saturated carbocycles. The van der Waals surface area contributed by atoms with E-state index in [4.69, 9.17) is 0 Å². The fourth-order valence-electron chi connectivity index (χ4n) is 2.80. The second kappa shape index (κ2) is 8.11. The Morgan fingerprint density at radius 2 is 1.42 bits per heavy atom. The molecule has 1 N–H and O–H groups in total. The van der Waals surface area contributed by atoms with E-state index < -0.39 is 29.0 Å². The molecular weight excluding hydrogens is 444 g/mol. The van der Waals surface area contributed by atoms with Crippen molar-refractivity contribution in [3.63, 3.8) is 0 Å². The quantitative estimate of drug-likeness (QED) is 0.311. The number of H-pyrrole nitrogens is 1. The van der Waals surface area contributed by atoms with Crippen LogP contribution in [0, 0.1) is 11.3 Å². The van der Waals surface area contributed by atoms with Crippen LogP contribution in [0.3, 0.4) is 0 Å². The van der Waals surface area contributed by atoms with Gasteiger partial charge in [0.15, 0.2) is 5.16 Å². The average Bonchev–Trinajstić information content (AvgIpc) is 2.71. The number of hydrogen-bond acceptors (Lipinski definition) is 4. The number of aromatic nitrogens is 2. The van der Waals surface area contributed by atoms with Crippen LogP contribution in [0.15, 0.2) is 52.4 Å². The summed E-state index contributed by atoms with van der Waals surface area (Å²) in [5.74, 6) is 0. The summed E-state index contributed by atoms with van der Waals surface area (Å²) in [4.78, 5) is 18.6. The van der Waals surface area contributed by atoms with Gasteiger partial charge in [-0.2, -0.15) is 31.6 Å². The third-order valence-electron chi connectivity index (χ3n) is 4.28. The maximum Gasteiger partial charge on any atom is 0.416 e. The van der Waals surface area contributed by atoms with Crippen LogP contribution in [-0.2, 0) is 12.4 Å². The predicted octanol–water partition coefficient (Wildman–Crippen LogP) is 5.74. The van der Waals surface area contributed by atoms with Crippen LogP contribution in [-0.4, -0.2) is 16.2 Å². The van der Waals surface area contributed by atoms with Gasteiger partial charge in [0.2, 0.25) is 0 Å². The van der Waals surface area contributed by atoms with Crippen molar-refractivity contribution in [1.82, 2.24) is 9.97 Å². The zero-order valence-electron chi connectivity index (χ0n) is 15.5. The van der Waals surface area contributed by atoms with Crippen molar-refractivity contribution in [1.29, 1.82) is 5.26 Å². The molecule has 0 bridgehead atoms. The lowest BCUT2D eigenvalue weighted by molar-refractivity contribution is -0.143. The zero-order chi connectivity index (χ0) is 23.0. The summed E-state index contributed by atoms with van der Waals surface area (Å²) in [5.41, 5.74) is -3.58. The van der Waals surface area contributed by atoms with E-state index in [2.05, 4.69) is 9.97 Å². The van der Waals surface area contributed by atoms with Crippen molar-refractivity contribution in [2.24, 2.45) is 0 Å². The smallest absolute Gasteiger partial charge is 0.300 e. The molecule has 3 rings (SSSR count). The van der Waals surface area contributed by atoms with E-state index in [0.717, 1.165) is 11.8 Å². The molecule has 0 fully saturated rings. The first-order valence-electron chi connectivity index (χ1n) is 8.42. The Bertz CT molecular complexity index is 1190. The lowest BCUT2D eigenvalue weighted by Crippen LogP contribution is -2.14. The molecule has 31 heavy (non-hydrogen) atoms. The summed E-state index contributed by atoms with van der Waals surface area (Å²) in [6.07, 6.45) is -8.26. The third kappa shape index (κ3) is 4.74. The van der Waals surface area contributed by atoms with Crippen molar-refractivity contribution in [2.75, 3.05) is 6.26 Å². The maximum absolute atomic E-state index is 13.1. The highest BCUT2D eigenvalue weighted by molar-refractivity contribution is 7.98. The molecule has 11 heteroatoms. The molecule has 2 aromatic carbocycles. The molecule has 160 valence electrons. The van der Waals surface area contributed by atoms with Crippen LogP contribution in [0.25, 0.3) is 22.4 Å². The van der Waals surface area contributed by atoms with Crippen LogP contribution in [0.2, 0.25) is 0 Å². The third-order valence-corrected chi connectivity index (χ3v) is 4.86. The van der Waals surface area contributed by atoms with Crippen LogP contribution in [0.5, 0.6) is 0 Å². The first-order valence-corrected chi connectivity index (χ1v) is 9.65. The molecule has 0 aliphatic carbocycles. The molecule has 1 heterocycles. The van der Waals surface area contributed by atoms with Crippen molar-refractivity contribution >= 4 is 11.8 Å². The molecule has 0 radical (unpaired) electrons. The molecule has 4 nitrogen and oxygen atoms in total. The van der Waals surface area contributed by atoms with Gasteiger partial charge in [0.1, 0.15) is 11.6 Å². The standard InChI is InChI=1S/C20H11F6N3OS/c1-31-18-28-16(15(9-27)17(30)29-18)11-4-2-10(3-5-11)12-6-13(19(21,22)23)8-14(7-12)20(24,25)26/h2-8H,1H3,(H,28,29,30). The fraction of sp³-hybridized carbons (Fsp3) is 0.150. The SMILES string of the molecule is CSc1nc(-c2ccc(-c3cc(C(F)(F)F)cc(C(F)(F)F)c3)cc2)c(C#N)c(=O)[nH]1. The van der Waals surface area contributed by atoms with Gasteiger partial charge >= 0.3 is 12.4 Å². The zero-order valence-corrected chi connectivity index (χ0v) is 16.3. The van der Waals surface area contributed by atoms with E-state index in [0.29, 0.717) is 17.7 Å². The van der Waals surface area contributed by atoms with Gasteiger partial charge in [-0.25, -0.2) is 4.98 Å². The lowest BCUT2D eigenvalue weighted by atomic mass is 9.97. The first kappa shape index (κ1) is 22.4. The highest BCUT2D eigenvalue weighted by Gasteiger charge is 2.37. The Kier molecular flexibility index (Phi) is 5.87. The second-order valence-corrected chi connectivity index (χ2v) is 7.08. The topological polar surface area (TPSA) is 69.5 Å². The molecule has 0 aliphatic rings. The Labute approximate surface area is 175 Å². The highest BCUT2D eigenvalue weighted by atomic mass is 32.2. The molecule has 0 unspecified atom stereocenters. The summed E-state index contributed by atoms with van der Waals surface area (Å²) in [5, 5.41) is 9.49. The van der Waals surface area contributed by atoms with Crippen molar-refractivity contribution < 1.29 is 26.3 Å². The lowest BCUT2D eigenvalue weighted by Gasteiger charge is -2.14. The number of nitrogens with one attached hydrogen (secondary N) is 1. The number of thioether (sulfide) groups is 1.